The van der Waals surface area contributed by atoms with Gasteiger partial charge in [-0.05, 0) is 18.1 Å². The van der Waals surface area contributed by atoms with Crippen molar-refractivity contribution in [3.63, 3.8) is 0 Å². The summed E-state index contributed by atoms with van der Waals surface area (Å²) in [5, 5.41) is 13.5. The van der Waals surface area contributed by atoms with Crippen LogP contribution in [0.4, 0.5) is 5.69 Å². The molecule has 0 bridgehead atoms. The molecule has 0 aliphatic rings. The van der Waals surface area contributed by atoms with Crippen LogP contribution in [0.25, 0.3) is 6.08 Å². The molecule has 126 valence electrons. The van der Waals surface area contributed by atoms with Crippen molar-refractivity contribution in [2.75, 3.05) is 6.54 Å². The molecule has 5 heteroatoms. The highest BCUT2D eigenvalue weighted by atomic mass is 16.6. The molecule has 0 saturated carbocycles. The third-order valence-electron chi connectivity index (χ3n) is 3.59. The van der Waals surface area contributed by atoms with Gasteiger partial charge in [-0.1, -0.05) is 57.6 Å². The smallest absolute Gasteiger partial charge is 0.270 e. The standard InChI is InChI=1S/C18H26N2O3/c1-2-3-4-5-6-7-8-14-19-18(21)13-12-16-10-9-11-17(15-16)20(22)23/h9-13,15H,2-8,14H2,1H3,(H,19,21). The fraction of sp³-hybridized carbons (Fsp3) is 0.500. The molecule has 0 saturated heterocycles. The first-order valence-electron chi connectivity index (χ1n) is 8.34. The summed E-state index contributed by atoms with van der Waals surface area (Å²) in [6, 6.07) is 6.21. The minimum absolute atomic E-state index is 0.0237. The van der Waals surface area contributed by atoms with Crippen LogP contribution in [-0.4, -0.2) is 17.4 Å². The van der Waals surface area contributed by atoms with Gasteiger partial charge in [0.05, 0.1) is 4.92 Å². The van der Waals surface area contributed by atoms with E-state index in [1.165, 1.54) is 50.3 Å². The van der Waals surface area contributed by atoms with Crippen LogP contribution >= 0.6 is 0 Å². The Labute approximate surface area is 137 Å². The van der Waals surface area contributed by atoms with Gasteiger partial charge >= 0.3 is 0 Å². The monoisotopic (exact) mass is 318 g/mol. The molecule has 23 heavy (non-hydrogen) atoms. The van der Waals surface area contributed by atoms with Gasteiger partial charge in [0, 0.05) is 24.8 Å². The molecular formula is C18H26N2O3. The Balaban J connectivity index is 2.21. The predicted octanol–water partition coefficient (Wildman–Crippen LogP) is 4.47. The normalized spacial score (nSPS) is 10.8. The second-order valence-corrected chi connectivity index (χ2v) is 5.60. The number of nitrogens with zero attached hydrogens (tertiary/aromatic N) is 1. The van der Waals surface area contributed by atoms with Gasteiger partial charge in [-0.3, -0.25) is 14.9 Å². The minimum Gasteiger partial charge on any atom is -0.353 e. The highest BCUT2D eigenvalue weighted by molar-refractivity contribution is 5.91. The first-order chi connectivity index (χ1) is 11.1. The van der Waals surface area contributed by atoms with Crippen molar-refractivity contribution in [3.8, 4) is 0 Å². The van der Waals surface area contributed by atoms with Gasteiger partial charge in [-0.25, -0.2) is 0 Å². The summed E-state index contributed by atoms with van der Waals surface area (Å²) in [5.74, 6) is -0.164. The van der Waals surface area contributed by atoms with Crippen LogP contribution in [-0.2, 0) is 4.79 Å². The molecule has 0 spiro atoms. The maximum atomic E-state index is 11.7. The van der Waals surface area contributed by atoms with Crippen molar-refractivity contribution >= 4 is 17.7 Å². The number of amides is 1. The molecule has 1 N–H and O–H groups in total. The van der Waals surface area contributed by atoms with Crippen molar-refractivity contribution in [2.24, 2.45) is 0 Å². The number of non-ortho nitro benzene ring substituents is 1. The zero-order chi connectivity index (χ0) is 16.9. The summed E-state index contributed by atoms with van der Waals surface area (Å²) >= 11 is 0. The third kappa shape index (κ3) is 8.76. The lowest BCUT2D eigenvalue weighted by Crippen LogP contribution is -2.21. The second-order valence-electron chi connectivity index (χ2n) is 5.60. The summed E-state index contributed by atoms with van der Waals surface area (Å²) in [7, 11) is 0. The predicted molar refractivity (Wildman–Crippen MR) is 93.1 cm³/mol. The average molecular weight is 318 g/mol. The van der Waals surface area contributed by atoms with Gasteiger partial charge in [-0.2, -0.15) is 0 Å². The van der Waals surface area contributed by atoms with Crippen LogP contribution in [0, 0.1) is 10.1 Å². The number of nitro groups is 1. The molecule has 0 atom stereocenters. The molecule has 1 rings (SSSR count). The highest BCUT2D eigenvalue weighted by Gasteiger charge is 2.04. The number of hydrogen-bond acceptors (Lipinski definition) is 3. The second kappa shape index (κ2) is 11.4. The Kier molecular flexibility index (Phi) is 9.36. The largest absolute Gasteiger partial charge is 0.353 e. The van der Waals surface area contributed by atoms with E-state index in [9.17, 15) is 14.9 Å². The molecule has 1 aromatic carbocycles. The first kappa shape index (κ1) is 18.9. The van der Waals surface area contributed by atoms with E-state index >= 15 is 0 Å². The molecule has 1 aromatic rings. The average Bonchev–Trinajstić information content (AvgIpc) is 2.55. The van der Waals surface area contributed by atoms with Crippen molar-refractivity contribution in [1.82, 2.24) is 5.32 Å². The van der Waals surface area contributed by atoms with Crippen LogP contribution in [0.2, 0.25) is 0 Å². The molecule has 0 unspecified atom stereocenters. The van der Waals surface area contributed by atoms with Crippen molar-refractivity contribution in [3.05, 3.63) is 46.0 Å². The number of unbranched alkanes of at least 4 members (excludes halogenated alkanes) is 6. The fourth-order valence-corrected chi connectivity index (χ4v) is 2.27. The molecule has 0 radical (unpaired) electrons. The topological polar surface area (TPSA) is 72.2 Å². The highest BCUT2D eigenvalue weighted by Crippen LogP contribution is 2.14. The van der Waals surface area contributed by atoms with Gasteiger partial charge in [-0.15, -0.1) is 0 Å². The van der Waals surface area contributed by atoms with Gasteiger partial charge < -0.3 is 5.32 Å². The van der Waals surface area contributed by atoms with E-state index in [0.717, 1.165) is 12.8 Å². The van der Waals surface area contributed by atoms with Crippen LogP contribution in [0.1, 0.15) is 57.4 Å². The van der Waals surface area contributed by atoms with Gasteiger partial charge in [0.25, 0.3) is 5.69 Å². The van der Waals surface area contributed by atoms with Crippen molar-refractivity contribution in [1.29, 1.82) is 0 Å². The van der Waals surface area contributed by atoms with Gasteiger partial charge in [0.15, 0.2) is 0 Å². The summed E-state index contributed by atoms with van der Waals surface area (Å²) in [4.78, 5) is 21.9. The lowest BCUT2D eigenvalue weighted by molar-refractivity contribution is -0.384. The number of carbonyl (C=O) groups excluding carboxylic acids is 1. The van der Waals surface area contributed by atoms with E-state index in [2.05, 4.69) is 12.2 Å². The fourth-order valence-electron chi connectivity index (χ4n) is 2.27. The molecule has 0 aliphatic carbocycles. The Bertz CT molecular complexity index is 527. The Hall–Kier alpha value is -2.17. The van der Waals surface area contributed by atoms with Crippen LogP contribution < -0.4 is 5.32 Å². The van der Waals surface area contributed by atoms with Crippen LogP contribution in [0.5, 0.6) is 0 Å². The van der Waals surface area contributed by atoms with Crippen LogP contribution in [0.15, 0.2) is 30.3 Å². The van der Waals surface area contributed by atoms with Gasteiger partial charge in [0.1, 0.15) is 0 Å². The van der Waals surface area contributed by atoms with Crippen LogP contribution in [0.3, 0.4) is 0 Å². The molecule has 0 fully saturated rings. The van der Waals surface area contributed by atoms with Crippen molar-refractivity contribution < 1.29 is 9.72 Å². The minimum atomic E-state index is -0.447. The number of benzene rings is 1. The molecule has 0 heterocycles. The Morgan fingerprint density at radius 1 is 1.17 bits per heavy atom. The SMILES string of the molecule is CCCCCCCCCNC(=O)C=Cc1cccc([N+](=O)[O-])c1. The quantitative estimate of drug-likeness (QED) is 0.283. The molecule has 0 aliphatic heterocycles. The Morgan fingerprint density at radius 2 is 1.87 bits per heavy atom. The summed E-state index contributed by atoms with van der Waals surface area (Å²) in [6.07, 6.45) is 11.5. The summed E-state index contributed by atoms with van der Waals surface area (Å²) in [6.45, 7) is 2.88. The van der Waals surface area contributed by atoms with E-state index < -0.39 is 4.92 Å². The van der Waals surface area contributed by atoms with E-state index in [1.54, 1.807) is 18.2 Å². The maximum absolute atomic E-state index is 11.7. The molecule has 1 amide bonds. The number of rotatable bonds is 11. The zero-order valence-corrected chi connectivity index (χ0v) is 13.8. The maximum Gasteiger partial charge on any atom is 0.270 e. The number of carbonyl (C=O) groups is 1. The molecule has 5 nitrogen and oxygen atoms in total. The summed E-state index contributed by atoms with van der Waals surface area (Å²) < 4.78 is 0. The van der Waals surface area contributed by atoms with Crippen molar-refractivity contribution in [2.45, 2.75) is 51.9 Å². The van der Waals surface area contributed by atoms with E-state index in [-0.39, 0.29) is 11.6 Å². The van der Waals surface area contributed by atoms with E-state index in [1.807, 2.05) is 0 Å². The molecular weight excluding hydrogens is 292 g/mol. The molecule has 0 aromatic heterocycles. The third-order valence-corrected chi connectivity index (χ3v) is 3.59. The number of nitro benzene ring substituents is 1. The van der Waals surface area contributed by atoms with Gasteiger partial charge in [0.2, 0.25) is 5.91 Å². The number of nitrogens with one attached hydrogen (secondary N) is 1. The number of hydrogen-bond donors (Lipinski definition) is 1. The zero-order valence-electron chi connectivity index (χ0n) is 13.8. The lowest BCUT2D eigenvalue weighted by atomic mass is 10.1. The summed E-state index contributed by atoms with van der Waals surface area (Å²) in [5.41, 5.74) is 0.668. The lowest BCUT2D eigenvalue weighted by Gasteiger charge is -2.02. The van der Waals surface area contributed by atoms with E-state index in [4.69, 9.17) is 0 Å². The van der Waals surface area contributed by atoms with E-state index in [0.29, 0.717) is 12.1 Å². The first-order valence-corrected chi connectivity index (χ1v) is 8.34. The Morgan fingerprint density at radius 3 is 2.57 bits per heavy atom.